The zero-order valence-electron chi connectivity index (χ0n) is 12.2. The van der Waals surface area contributed by atoms with Crippen LogP contribution in [0.15, 0.2) is 4.52 Å². The van der Waals surface area contributed by atoms with Gasteiger partial charge in [-0.05, 0) is 14.1 Å². The van der Waals surface area contributed by atoms with Gasteiger partial charge in [0.2, 0.25) is 5.89 Å². The normalized spacial score (nSPS) is 29.7. The molecular formula is C13H23N5OS. The van der Waals surface area contributed by atoms with Crippen LogP contribution in [-0.4, -0.2) is 77.8 Å². The summed E-state index contributed by atoms with van der Waals surface area (Å²) in [6.07, 6.45) is 0.865. The first-order chi connectivity index (χ1) is 9.72. The first-order valence-electron chi connectivity index (χ1n) is 7.25. The lowest BCUT2D eigenvalue weighted by Crippen LogP contribution is -2.50. The second-order valence-electron chi connectivity index (χ2n) is 5.73. The van der Waals surface area contributed by atoms with Gasteiger partial charge in [0.25, 0.3) is 0 Å². The van der Waals surface area contributed by atoms with Crippen LogP contribution in [0.3, 0.4) is 0 Å². The minimum absolute atomic E-state index is 0.224. The Balaban J connectivity index is 1.61. The van der Waals surface area contributed by atoms with Crippen molar-refractivity contribution in [2.45, 2.75) is 18.5 Å². The van der Waals surface area contributed by atoms with Crippen LogP contribution in [0.5, 0.6) is 0 Å². The van der Waals surface area contributed by atoms with Crippen molar-refractivity contribution in [3.05, 3.63) is 11.7 Å². The van der Waals surface area contributed by atoms with Crippen molar-refractivity contribution in [2.75, 3.05) is 51.8 Å². The van der Waals surface area contributed by atoms with Gasteiger partial charge < -0.3 is 19.6 Å². The predicted molar refractivity (Wildman–Crippen MR) is 80.0 cm³/mol. The van der Waals surface area contributed by atoms with Crippen molar-refractivity contribution in [2.24, 2.45) is 0 Å². The standard InChI is InChI=1S/C13H23N5OS/c1-17-4-5-18(2)10(8-17)7-12-15-13(19-16-12)11-9-20-6-3-14-11/h10-11,14H,3-9H2,1-2H3. The average molecular weight is 297 g/mol. The third kappa shape index (κ3) is 3.33. The molecule has 3 rings (SSSR count). The second-order valence-corrected chi connectivity index (χ2v) is 6.88. The summed E-state index contributed by atoms with van der Waals surface area (Å²) >= 11 is 1.94. The predicted octanol–water partition coefficient (Wildman–Crippen LogP) is 0.235. The largest absolute Gasteiger partial charge is 0.338 e. The van der Waals surface area contributed by atoms with Gasteiger partial charge in [-0.1, -0.05) is 5.16 Å². The van der Waals surface area contributed by atoms with Crippen molar-refractivity contribution in [3.63, 3.8) is 0 Å². The highest BCUT2D eigenvalue weighted by molar-refractivity contribution is 7.99. The molecule has 2 unspecified atom stereocenters. The number of nitrogens with one attached hydrogen (secondary N) is 1. The molecular weight excluding hydrogens is 274 g/mol. The number of likely N-dealkylation sites (N-methyl/N-ethyl adjacent to an activating group) is 2. The molecule has 1 aromatic rings. The van der Waals surface area contributed by atoms with Gasteiger partial charge in [-0.3, -0.25) is 0 Å². The summed E-state index contributed by atoms with van der Waals surface area (Å²) in [5.41, 5.74) is 0. The molecule has 0 radical (unpaired) electrons. The Morgan fingerprint density at radius 3 is 3.10 bits per heavy atom. The van der Waals surface area contributed by atoms with E-state index in [2.05, 4.69) is 39.4 Å². The van der Waals surface area contributed by atoms with Gasteiger partial charge in [-0.2, -0.15) is 16.7 Å². The van der Waals surface area contributed by atoms with E-state index in [1.807, 2.05) is 11.8 Å². The first-order valence-corrected chi connectivity index (χ1v) is 8.40. The van der Waals surface area contributed by atoms with Crippen LogP contribution in [0.4, 0.5) is 0 Å². The molecule has 2 saturated heterocycles. The Morgan fingerprint density at radius 2 is 2.30 bits per heavy atom. The van der Waals surface area contributed by atoms with E-state index in [0.29, 0.717) is 6.04 Å². The van der Waals surface area contributed by atoms with E-state index < -0.39 is 0 Å². The molecule has 2 atom stereocenters. The molecule has 0 aromatic carbocycles. The van der Waals surface area contributed by atoms with E-state index in [1.165, 1.54) is 0 Å². The average Bonchev–Trinajstić information content (AvgIpc) is 2.92. The third-order valence-electron chi connectivity index (χ3n) is 4.10. The summed E-state index contributed by atoms with van der Waals surface area (Å²) in [5, 5.41) is 7.60. The lowest BCUT2D eigenvalue weighted by atomic mass is 10.1. The highest BCUT2D eigenvalue weighted by atomic mass is 32.2. The minimum Gasteiger partial charge on any atom is -0.338 e. The third-order valence-corrected chi connectivity index (χ3v) is 5.16. The summed E-state index contributed by atoms with van der Waals surface area (Å²) in [6.45, 7) is 4.32. The number of nitrogens with zero attached hydrogens (tertiary/aromatic N) is 4. The smallest absolute Gasteiger partial charge is 0.244 e. The minimum atomic E-state index is 0.224. The molecule has 0 saturated carbocycles. The monoisotopic (exact) mass is 297 g/mol. The Hall–Kier alpha value is -0.630. The van der Waals surface area contributed by atoms with E-state index in [9.17, 15) is 0 Å². The van der Waals surface area contributed by atoms with E-state index in [0.717, 1.165) is 55.8 Å². The summed E-state index contributed by atoms with van der Waals surface area (Å²) in [6, 6.07) is 0.703. The topological polar surface area (TPSA) is 57.4 Å². The Morgan fingerprint density at radius 1 is 1.40 bits per heavy atom. The number of thioether (sulfide) groups is 1. The van der Waals surface area contributed by atoms with Gasteiger partial charge in [-0.15, -0.1) is 0 Å². The maximum Gasteiger partial charge on any atom is 0.244 e. The van der Waals surface area contributed by atoms with Crippen molar-refractivity contribution >= 4 is 11.8 Å². The van der Waals surface area contributed by atoms with E-state index >= 15 is 0 Å². The first kappa shape index (κ1) is 14.3. The van der Waals surface area contributed by atoms with Crippen LogP contribution in [0.25, 0.3) is 0 Å². The van der Waals surface area contributed by atoms with E-state index in [1.54, 1.807) is 0 Å². The molecule has 0 bridgehead atoms. The molecule has 0 aliphatic carbocycles. The van der Waals surface area contributed by atoms with Gasteiger partial charge in [0.05, 0.1) is 6.04 Å². The van der Waals surface area contributed by atoms with Crippen molar-refractivity contribution in [3.8, 4) is 0 Å². The molecule has 1 N–H and O–H groups in total. The summed E-state index contributed by atoms with van der Waals surface area (Å²) in [7, 11) is 4.35. The van der Waals surface area contributed by atoms with Crippen LogP contribution in [-0.2, 0) is 6.42 Å². The van der Waals surface area contributed by atoms with Gasteiger partial charge in [0, 0.05) is 50.1 Å². The van der Waals surface area contributed by atoms with E-state index in [4.69, 9.17) is 4.52 Å². The second kappa shape index (κ2) is 6.43. The van der Waals surface area contributed by atoms with Crippen LogP contribution in [0.2, 0.25) is 0 Å². The van der Waals surface area contributed by atoms with Crippen molar-refractivity contribution in [1.82, 2.24) is 25.3 Å². The molecule has 112 valence electrons. The molecule has 2 aliphatic rings. The van der Waals surface area contributed by atoms with Gasteiger partial charge >= 0.3 is 0 Å². The van der Waals surface area contributed by atoms with Gasteiger partial charge in [-0.25, -0.2) is 0 Å². The fraction of sp³-hybridized carbons (Fsp3) is 0.846. The Bertz CT molecular complexity index is 434. The number of hydrogen-bond donors (Lipinski definition) is 1. The number of rotatable bonds is 3. The fourth-order valence-corrected chi connectivity index (χ4v) is 3.67. The van der Waals surface area contributed by atoms with Crippen LogP contribution < -0.4 is 5.32 Å². The van der Waals surface area contributed by atoms with Crippen LogP contribution in [0, 0.1) is 0 Å². The Labute approximate surface area is 124 Å². The molecule has 2 aliphatic heterocycles. The molecule has 0 amide bonds. The number of aromatic nitrogens is 2. The number of piperazine rings is 1. The fourth-order valence-electron chi connectivity index (χ4n) is 2.75. The van der Waals surface area contributed by atoms with Gasteiger partial charge in [0.1, 0.15) is 0 Å². The summed E-state index contributed by atoms with van der Waals surface area (Å²) in [5.74, 6) is 3.77. The highest BCUT2D eigenvalue weighted by Crippen LogP contribution is 2.21. The molecule has 7 heteroatoms. The quantitative estimate of drug-likeness (QED) is 0.857. The number of hydrogen-bond acceptors (Lipinski definition) is 7. The van der Waals surface area contributed by atoms with Crippen molar-refractivity contribution < 1.29 is 4.52 Å². The SMILES string of the molecule is CN1CCN(C)C(Cc2noc(C3CSCCN3)n2)C1. The molecule has 1 aromatic heterocycles. The van der Waals surface area contributed by atoms with Crippen molar-refractivity contribution in [1.29, 1.82) is 0 Å². The maximum absolute atomic E-state index is 5.44. The molecule has 3 heterocycles. The Kier molecular flexibility index (Phi) is 4.60. The lowest BCUT2D eigenvalue weighted by Gasteiger charge is -2.37. The summed E-state index contributed by atoms with van der Waals surface area (Å²) < 4.78 is 5.44. The molecule has 0 spiro atoms. The van der Waals surface area contributed by atoms with Gasteiger partial charge in [0.15, 0.2) is 5.82 Å². The van der Waals surface area contributed by atoms with E-state index in [-0.39, 0.29) is 6.04 Å². The van der Waals surface area contributed by atoms with Crippen LogP contribution in [0.1, 0.15) is 17.8 Å². The summed E-state index contributed by atoms with van der Waals surface area (Å²) in [4.78, 5) is 9.35. The highest BCUT2D eigenvalue weighted by Gasteiger charge is 2.26. The lowest BCUT2D eigenvalue weighted by molar-refractivity contribution is 0.113. The molecule has 20 heavy (non-hydrogen) atoms. The molecule has 2 fully saturated rings. The zero-order chi connectivity index (χ0) is 13.9. The zero-order valence-corrected chi connectivity index (χ0v) is 13.0. The molecule has 6 nitrogen and oxygen atoms in total. The van der Waals surface area contributed by atoms with Crippen LogP contribution >= 0.6 is 11.8 Å². The maximum atomic E-state index is 5.44.